The summed E-state index contributed by atoms with van der Waals surface area (Å²) in [7, 11) is 0. The summed E-state index contributed by atoms with van der Waals surface area (Å²) in [6, 6.07) is 9.96. The highest BCUT2D eigenvalue weighted by molar-refractivity contribution is 5.78. The lowest BCUT2D eigenvalue weighted by Crippen LogP contribution is -2.10. The number of carbonyl (C=O) groups excluding carboxylic acids is 1. The molecule has 0 spiro atoms. The molecular formula is C22H27FO4. The molecule has 4 nitrogen and oxygen atoms in total. The van der Waals surface area contributed by atoms with Gasteiger partial charge < -0.3 is 14.6 Å². The Kier molecular flexibility index (Phi) is 7.65. The number of phenolic OH excluding ortho intramolecular Hbond substituents is 1. The van der Waals surface area contributed by atoms with Crippen LogP contribution in [0.2, 0.25) is 0 Å². The largest absolute Gasteiger partial charge is 0.507 e. The number of benzene rings is 2. The van der Waals surface area contributed by atoms with E-state index < -0.39 is 0 Å². The maximum atomic E-state index is 13.4. The van der Waals surface area contributed by atoms with Gasteiger partial charge in [0.2, 0.25) is 0 Å². The van der Waals surface area contributed by atoms with E-state index in [-0.39, 0.29) is 29.0 Å². The van der Waals surface area contributed by atoms with Crippen molar-refractivity contribution in [3.8, 4) is 17.2 Å². The van der Waals surface area contributed by atoms with Crippen molar-refractivity contribution in [1.82, 2.24) is 0 Å². The van der Waals surface area contributed by atoms with Crippen molar-refractivity contribution in [2.45, 2.75) is 40.0 Å². The number of ether oxygens (including phenoxy) is 2. The molecule has 0 amide bonds. The Morgan fingerprint density at radius 2 is 1.70 bits per heavy atom. The Labute approximate surface area is 159 Å². The molecule has 0 aliphatic carbocycles. The highest BCUT2D eigenvalue weighted by atomic mass is 19.1. The van der Waals surface area contributed by atoms with Crippen molar-refractivity contribution in [1.29, 1.82) is 0 Å². The number of rotatable bonds is 10. The van der Waals surface area contributed by atoms with Crippen LogP contribution in [0.15, 0.2) is 36.4 Å². The summed E-state index contributed by atoms with van der Waals surface area (Å²) in [6.07, 6.45) is 1.99. The molecule has 0 saturated carbocycles. The number of halogens is 1. The van der Waals surface area contributed by atoms with Crippen LogP contribution in [0.25, 0.3) is 0 Å². The molecule has 0 aliphatic heterocycles. The van der Waals surface area contributed by atoms with Crippen molar-refractivity contribution in [2.75, 3.05) is 13.2 Å². The molecule has 2 aromatic carbocycles. The van der Waals surface area contributed by atoms with E-state index in [0.29, 0.717) is 30.9 Å². The Balaban J connectivity index is 1.78. The van der Waals surface area contributed by atoms with Gasteiger partial charge in [0.15, 0.2) is 11.6 Å². The van der Waals surface area contributed by atoms with Gasteiger partial charge in [0.1, 0.15) is 17.3 Å². The van der Waals surface area contributed by atoms with E-state index in [0.717, 1.165) is 18.4 Å². The summed E-state index contributed by atoms with van der Waals surface area (Å²) in [5.74, 6) is 0.681. The zero-order valence-electron chi connectivity index (χ0n) is 16.1. The number of hydrogen-bond acceptors (Lipinski definition) is 4. The van der Waals surface area contributed by atoms with Gasteiger partial charge in [-0.3, -0.25) is 4.79 Å². The third-order valence-corrected chi connectivity index (χ3v) is 4.58. The Morgan fingerprint density at radius 1 is 1.07 bits per heavy atom. The van der Waals surface area contributed by atoms with Crippen LogP contribution >= 0.6 is 0 Å². The van der Waals surface area contributed by atoms with Crippen molar-refractivity contribution in [2.24, 2.45) is 5.92 Å². The average Bonchev–Trinajstić information content (AvgIpc) is 2.64. The molecule has 0 saturated heterocycles. The smallest absolute Gasteiger partial charge is 0.165 e. The van der Waals surface area contributed by atoms with E-state index >= 15 is 0 Å². The zero-order valence-corrected chi connectivity index (χ0v) is 16.1. The molecule has 0 heterocycles. The Hall–Kier alpha value is -2.56. The first-order chi connectivity index (χ1) is 12.9. The van der Waals surface area contributed by atoms with Gasteiger partial charge in [-0.2, -0.15) is 0 Å². The molecule has 0 aliphatic rings. The number of aromatic hydroxyl groups is 1. The third-order valence-electron chi connectivity index (χ3n) is 4.58. The van der Waals surface area contributed by atoms with Crippen molar-refractivity contribution in [3.63, 3.8) is 0 Å². The maximum Gasteiger partial charge on any atom is 0.165 e. The van der Waals surface area contributed by atoms with Gasteiger partial charge in [0.05, 0.1) is 13.2 Å². The molecular weight excluding hydrogens is 347 g/mol. The monoisotopic (exact) mass is 374 g/mol. The molecule has 2 rings (SSSR count). The summed E-state index contributed by atoms with van der Waals surface area (Å²) in [5, 5.41) is 10.4. The number of unbranched alkanes of at least 4 members (excludes halogenated alkanes) is 1. The van der Waals surface area contributed by atoms with Gasteiger partial charge in [-0.15, -0.1) is 0 Å². The lowest BCUT2D eigenvalue weighted by molar-refractivity contribution is -0.120. The second-order valence-electron chi connectivity index (χ2n) is 6.75. The number of phenols is 1. The molecule has 1 N–H and O–H groups in total. The van der Waals surface area contributed by atoms with E-state index in [2.05, 4.69) is 0 Å². The normalized spacial score (nSPS) is 11.9. The minimum Gasteiger partial charge on any atom is -0.507 e. The minimum absolute atomic E-state index is 0.102. The standard InChI is InChI=1S/C22H27FO4/c1-15(17(3)24)14-18-10-11-20(16(2)22(18)25)26-12-6-7-13-27-21-9-5-4-8-19(21)23/h4-5,8-11,15,25H,6-7,12-14H2,1-3H3. The molecule has 0 radical (unpaired) electrons. The third kappa shape index (κ3) is 5.98. The second kappa shape index (κ2) is 9.95. The molecule has 0 bridgehead atoms. The Morgan fingerprint density at radius 3 is 2.33 bits per heavy atom. The summed E-state index contributed by atoms with van der Waals surface area (Å²) in [6.45, 7) is 6.10. The van der Waals surface area contributed by atoms with Crippen LogP contribution in [-0.4, -0.2) is 24.1 Å². The van der Waals surface area contributed by atoms with Crippen LogP contribution in [0.1, 0.15) is 37.8 Å². The summed E-state index contributed by atoms with van der Waals surface area (Å²) in [5.41, 5.74) is 1.42. The second-order valence-corrected chi connectivity index (χ2v) is 6.75. The average molecular weight is 374 g/mol. The lowest BCUT2D eigenvalue weighted by Gasteiger charge is -2.15. The van der Waals surface area contributed by atoms with E-state index in [9.17, 15) is 14.3 Å². The molecule has 2 aromatic rings. The van der Waals surface area contributed by atoms with Crippen LogP contribution in [0, 0.1) is 18.7 Å². The van der Waals surface area contributed by atoms with Gasteiger partial charge in [-0.05, 0) is 56.9 Å². The van der Waals surface area contributed by atoms with Crippen molar-refractivity contribution >= 4 is 5.78 Å². The van der Waals surface area contributed by atoms with Gasteiger partial charge >= 0.3 is 0 Å². The first-order valence-electron chi connectivity index (χ1n) is 9.22. The van der Waals surface area contributed by atoms with Crippen LogP contribution in [-0.2, 0) is 11.2 Å². The maximum absolute atomic E-state index is 13.4. The fourth-order valence-electron chi connectivity index (χ4n) is 2.66. The quantitative estimate of drug-likeness (QED) is 0.604. The highest BCUT2D eigenvalue weighted by Gasteiger charge is 2.15. The van der Waals surface area contributed by atoms with E-state index in [4.69, 9.17) is 9.47 Å². The van der Waals surface area contributed by atoms with Crippen LogP contribution in [0.5, 0.6) is 17.2 Å². The molecule has 27 heavy (non-hydrogen) atoms. The lowest BCUT2D eigenvalue weighted by atomic mass is 9.95. The number of hydrogen-bond donors (Lipinski definition) is 1. The first-order valence-corrected chi connectivity index (χ1v) is 9.22. The number of carbonyl (C=O) groups is 1. The van der Waals surface area contributed by atoms with Crippen LogP contribution in [0.3, 0.4) is 0 Å². The molecule has 1 unspecified atom stereocenters. The topological polar surface area (TPSA) is 55.8 Å². The van der Waals surface area contributed by atoms with E-state index in [1.165, 1.54) is 6.07 Å². The highest BCUT2D eigenvalue weighted by Crippen LogP contribution is 2.32. The SMILES string of the molecule is CC(=O)C(C)Cc1ccc(OCCCCOc2ccccc2F)c(C)c1O. The Bertz CT molecular complexity index is 773. The fraction of sp³-hybridized carbons (Fsp3) is 0.409. The minimum atomic E-state index is -0.362. The molecule has 146 valence electrons. The van der Waals surface area contributed by atoms with Gasteiger partial charge in [-0.25, -0.2) is 4.39 Å². The van der Waals surface area contributed by atoms with E-state index in [1.54, 1.807) is 38.1 Å². The van der Waals surface area contributed by atoms with Crippen molar-refractivity contribution < 1.29 is 23.8 Å². The molecule has 5 heteroatoms. The first kappa shape index (κ1) is 20.7. The summed E-state index contributed by atoms with van der Waals surface area (Å²) >= 11 is 0. The van der Waals surface area contributed by atoms with Crippen molar-refractivity contribution in [3.05, 3.63) is 53.3 Å². The molecule has 1 atom stereocenters. The van der Waals surface area contributed by atoms with Gasteiger partial charge in [0.25, 0.3) is 0 Å². The fourth-order valence-corrected chi connectivity index (χ4v) is 2.66. The summed E-state index contributed by atoms with van der Waals surface area (Å²) in [4.78, 5) is 11.4. The molecule has 0 aromatic heterocycles. The van der Waals surface area contributed by atoms with Gasteiger partial charge in [0, 0.05) is 11.5 Å². The molecule has 0 fully saturated rings. The number of Topliss-reactive ketones (excluding diaryl/α,β-unsaturated/α-hetero) is 1. The predicted octanol–water partition coefficient (Wildman–Crippen LogP) is 4.85. The van der Waals surface area contributed by atoms with Gasteiger partial charge in [-0.1, -0.05) is 25.1 Å². The zero-order chi connectivity index (χ0) is 19.8. The predicted molar refractivity (Wildman–Crippen MR) is 103 cm³/mol. The number of ketones is 1. The van der Waals surface area contributed by atoms with Crippen LogP contribution < -0.4 is 9.47 Å². The van der Waals surface area contributed by atoms with E-state index in [1.807, 2.05) is 13.0 Å². The summed E-state index contributed by atoms with van der Waals surface area (Å²) < 4.78 is 24.6. The van der Waals surface area contributed by atoms with Crippen LogP contribution in [0.4, 0.5) is 4.39 Å². The number of para-hydroxylation sites is 1.